The molecular formula is C11H18O2. The average Bonchev–Trinajstić information content (AvgIpc) is 2.16. The summed E-state index contributed by atoms with van der Waals surface area (Å²) in [6, 6.07) is 0. The molecule has 0 amide bonds. The normalized spacial score (nSPS) is 17.5. The van der Waals surface area contributed by atoms with E-state index in [4.69, 9.17) is 9.47 Å². The SMILES string of the molecule is C=CCOC(C)(C)C1=CCCCO1. The topological polar surface area (TPSA) is 18.5 Å². The Bertz CT molecular complexity index is 204. The molecule has 1 aliphatic heterocycles. The first-order valence-electron chi connectivity index (χ1n) is 4.75. The second kappa shape index (κ2) is 4.47. The van der Waals surface area contributed by atoms with Crippen LogP contribution in [0.1, 0.15) is 26.7 Å². The maximum Gasteiger partial charge on any atom is 0.123 e. The van der Waals surface area contributed by atoms with E-state index in [1.807, 2.05) is 13.8 Å². The lowest BCUT2D eigenvalue weighted by Gasteiger charge is -2.29. The molecule has 13 heavy (non-hydrogen) atoms. The highest BCUT2D eigenvalue weighted by molar-refractivity contribution is 5.09. The van der Waals surface area contributed by atoms with E-state index >= 15 is 0 Å². The molecule has 0 N–H and O–H groups in total. The summed E-state index contributed by atoms with van der Waals surface area (Å²) in [7, 11) is 0. The molecule has 0 unspecified atom stereocenters. The molecule has 2 heteroatoms. The van der Waals surface area contributed by atoms with Crippen molar-refractivity contribution < 1.29 is 9.47 Å². The average molecular weight is 182 g/mol. The first kappa shape index (κ1) is 10.3. The number of hydrogen-bond acceptors (Lipinski definition) is 2. The van der Waals surface area contributed by atoms with Crippen LogP contribution in [0.3, 0.4) is 0 Å². The van der Waals surface area contributed by atoms with Gasteiger partial charge >= 0.3 is 0 Å². The van der Waals surface area contributed by atoms with Crippen molar-refractivity contribution in [3.63, 3.8) is 0 Å². The molecule has 0 bridgehead atoms. The molecule has 0 radical (unpaired) electrons. The largest absolute Gasteiger partial charge is 0.495 e. The molecular weight excluding hydrogens is 164 g/mol. The van der Waals surface area contributed by atoms with Crippen LogP contribution in [-0.4, -0.2) is 18.8 Å². The Balaban J connectivity index is 2.55. The molecule has 0 spiro atoms. The van der Waals surface area contributed by atoms with Gasteiger partial charge in [-0.25, -0.2) is 0 Å². The van der Waals surface area contributed by atoms with Gasteiger partial charge in [0.1, 0.15) is 11.4 Å². The summed E-state index contributed by atoms with van der Waals surface area (Å²) >= 11 is 0. The summed E-state index contributed by atoms with van der Waals surface area (Å²) in [5.41, 5.74) is -0.311. The number of hydrogen-bond donors (Lipinski definition) is 0. The van der Waals surface area contributed by atoms with Gasteiger partial charge in [0.2, 0.25) is 0 Å². The zero-order valence-electron chi connectivity index (χ0n) is 8.51. The molecule has 74 valence electrons. The van der Waals surface area contributed by atoms with E-state index in [1.165, 1.54) is 0 Å². The van der Waals surface area contributed by atoms with Crippen LogP contribution >= 0.6 is 0 Å². The summed E-state index contributed by atoms with van der Waals surface area (Å²) in [4.78, 5) is 0. The molecule has 0 saturated carbocycles. The molecule has 0 aromatic heterocycles. The summed E-state index contributed by atoms with van der Waals surface area (Å²) < 4.78 is 11.1. The van der Waals surface area contributed by atoms with E-state index in [2.05, 4.69) is 12.7 Å². The van der Waals surface area contributed by atoms with E-state index in [1.54, 1.807) is 6.08 Å². The van der Waals surface area contributed by atoms with E-state index < -0.39 is 0 Å². The van der Waals surface area contributed by atoms with E-state index in [-0.39, 0.29) is 5.60 Å². The third-order valence-electron chi connectivity index (χ3n) is 2.09. The first-order valence-corrected chi connectivity index (χ1v) is 4.75. The Morgan fingerprint density at radius 1 is 1.69 bits per heavy atom. The monoisotopic (exact) mass is 182 g/mol. The molecule has 0 atom stereocenters. The lowest BCUT2D eigenvalue weighted by Crippen LogP contribution is -2.30. The zero-order valence-corrected chi connectivity index (χ0v) is 8.51. The van der Waals surface area contributed by atoms with E-state index in [0.29, 0.717) is 6.61 Å². The van der Waals surface area contributed by atoms with Crippen molar-refractivity contribution in [1.82, 2.24) is 0 Å². The van der Waals surface area contributed by atoms with Gasteiger partial charge < -0.3 is 9.47 Å². The highest BCUT2D eigenvalue weighted by Crippen LogP contribution is 2.25. The van der Waals surface area contributed by atoms with Crippen molar-refractivity contribution in [3.8, 4) is 0 Å². The number of allylic oxidation sites excluding steroid dienone is 1. The molecule has 2 nitrogen and oxygen atoms in total. The van der Waals surface area contributed by atoms with Gasteiger partial charge in [0.25, 0.3) is 0 Å². The van der Waals surface area contributed by atoms with Gasteiger partial charge in [0, 0.05) is 0 Å². The van der Waals surface area contributed by atoms with Crippen molar-refractivity contribution in [1.29, 1.82) is 0 Å². The van der Waals surface area contributed by atoms with Gasteiger partial charge in [0.05, 0.1) is 13.2 Å². The third-order valence-corrected chi connectivity index (χ3v) is 2.09. The van der Waals surface area contributed by atoms with Crippen LogP contribution in [-0.2, 0) is 9.47 Å². The lowest BCUT2D eigenvalue weighted by atomic mass is 10.0. The van der Waals surface area contributed by atoms with Gasteiger partial charge in [-0.3, -0.25) is 0 Å². The Kier molecular flexibility index (Phi) is 3.55. The van der Waals surface area contributed by atoms with Crippen LogP contribution in [0.2, 0.25) is 0 Å². The van der Waals surface area contributed by atoms with Crippen LogP contribution < -0.4 is 0 Å². The minimum Gasteiger partial charge on any atom is -0.495 e. The fraction of sp³-hybridized carbons (Fsp3) is 0.636. The molecule has 1 rings (SSSR count). The van der Waals surface area contributed by atoms with Crippen molar-refractivity contribution in [2.24, 2.45) is 0 Å². The Morgan fingerprint density at radius 3 is 3.00 bits per heavy atom. The summed E-state index contributed by atoms with van der Waals surface area (Å²) in [5, 5.41) is 0. The predicted octanol–water partition coefficient (Wildman–Crippen LogP) is 2.66. The molecule has 0 aliphatic carbocycles. The second-order valence-electron chi connectivity index (χ2n) is 3.67. The van der Waals surface area contributed by atoms with Crippen LogP contribution in [0, 0.1) is 0 Å². The van der Waals surface area contributed by atoms with Gasteiger partial charge in [-0.15, -0.1) is 6.58 Å². The molecule has 0 fully saturated rings. The van der Waals surface area contributed by atoms with Crippen LogP contribution in [0.15, 0.2) is 24.5 Å². The van der Waals surface area contributed by atoms with Crippen molar-refractivity contribution in [2.45, 2.75) is 32.3 Å². The molecule has 0 aromatic rings. The van der Waals surface area contributed by atoms with Crippen molar-refractivity contribution in [3.05, 3.63) is 24.5 Å². The van der Waals surface area contributed by atoms with Gasteiger partial charge in [-0.2, -0.15) is 0 Å². The maximum absolute atomic E-state index is 5.61. The quantitative estimate of drug-likeness (QED) is 0.622. The summed E-state index contributed by atoms with van der Waals surface area (Å²) in [5.74, 6) is 0.959. The third kappa shape index (κ3) is 2.88. The molecule has 0 aromatic carbocycles. The lowest BCUT2D eigenvalue weighted by molar-refractivity contribution is -0.0226. The highest BCUT2D eigenvalue weighted by Gasteiger charge is 2.26. The van der Waals surface area contributed by atoms with Crippen LogP contribution in [0.5, 0.6) is 0 Å². The zero-order chi connectivity index (χ0) is 9.73. The molecule has 0 saturated heterocycles. The highest BCUT2D eigenvalue weighted by atomic mass is 16.5. The van der Waals surface area contributed by atoms with Gasteiger partial charge in [0.15, 0.2) is 0 Å². The van der Waals surface area contributed by atoms with Crippen LogP contribution in [0.4, 0.5) is 0 Å². The summed E-state index contributed by atoms with van der Waals surface area (Å²) in [6.07, 6.45) is 6.08. The van der Waals surface area contributed by atoms with Crippen LogP contribution in [0.25, 0.3) is 0 Å². The Hall–Kier alpha value is -0.760. The predicted molar refractivity (Wildman–Crippen MR) is 53.5 cm³/mol. The summed E-state index contributed by atoms with van der Waals surface area (Å²) in [6.45, 7) is 9.04. The number of ether oxygens (including phenoxy) is 2. The Labute approximate surface area is 80.2 Å². The standard InChI is InChI=1S/C11H18O2/c1-4-8-13-11(2,3)10-7-5-6-9-12-10/h4,7H,1,5-6,8-9H2,2-3H3. The van der Waals surface area contributed by atoms with Gasteiger partial charge in [-0.05, 0) is 32.8 Å². The minimum atomic E-state index is -0.311. The molecule has 1 heterocycles. The smallest absolute Gasteiger partial charge is 0.123 e. The van der Waals surface area contributed by atoms with Crippen molar-refractivity contribution in [2.75, 3.05) is 13.2 Å². The Morgan fingerprint density at radius 2 is 2.46 bits per heavy atom. The van der Waals surface area contributed by atoms with E-state index in [0.717, 1.165) is 25.2 Å². The second-order valence-corrected chi connectivity index (χ2v) is 3.67. The van der Waals surface area contributed by atoms with Crippen molar-refractivity contribution >= 4 is 0 Å². The fourth-order valence-corrected chi connectivity index (χ4v) is 1.32. The number of rotatable bonds is 4. The molecule has 1 aliphatic rings. The van der Waals surface area contributed by atoms with Gasteiger partial charge in [-0.1, -0.05) is 6.08 Å². The maximum atomic E-state index is 5.61. The fourth-order valence-electron chi connectivity index (χ4n) is 1.32. The van der Waals surface area contributed by atoms with E-state index in [9.17, 15) is 0 Å². The minimum absolute atomic E-state index is 0.311. The first-order chi connectivity index (χ1) is 6.17.